The Morgan fingerprint density at radius 2 is 2.18 bits per heavy atom. The highest BCUT2D eigenvalue weighted by atomic mass is 32.1. The van der Waals surface area contributed by atoms with Gasteiger partial charge < -0.3 is 9.15 Å². The summed E-state index contributed by atoms with van der Waals surface area (Å²) < 4.78 is 10.1. The number of carbonyl (C=O) groups is 1. The normalized spacial score (nSPS) is 10.8. The summed E-state index contributed by atoms with van der Waals surface area (Å²) in [6.07, 6.45) is 0. The minimum atomic E-state index is -0.696. The van der Waals surface area contributed by atoms with Crippen molar-refractivity contribution in [2.45, 2.75) is 6.61 Å². The van der Waals surface area contributed by atoms with Gasteiger partial charge in [-0.1, -0.05) is 29.5 Å². The van der Waals surface area contributed by atoms with E-state index in [2.05, 4.69) is 15.5 Å². The molecule has 1 N–H and O–H groups in total. The molecule has 0 saturated carbocycles. The van der Waals surface area contributed by atoms with Crippen molar-refractivity contribution in [1.29, 1.82) is 0 Å². The molecule has 1 amide bonds. The molecule has 0 spiro atoms. The number of nitrogens with zero attached hydrogens (tertiary/aromatic N) is 2. The molecular formula is C14H11N3O4S. The van der Waals surface area contributed by atoms with Crippen molar-refractivity contribution < 1.29 is 13.9 Å². The van der Waals surface area contributed by atoms with Gasteiger partial charge in [-0.05, 0) is 12.1 Å². The summed E-state index contributed by atoms with van der Waals surface area (Å²) in [6.45, 7) is 0.311. The Morgan fingerprint density at radius 1 is 1.36 bits per heavy atom. The van der Waals surface area contributed by atoms with E-state index in [1.165, 1.54) is 17.4 Å². The van der Waals surface area contributed by atoms with Gasteiger partial charge in [0.2, 0.25) is 5.13 Å². The summed E-state index contributed by atoms with van der Waals surface area (Å²) in [5.41, 5.74) is -0.345. The number of rotatable bonds is 4. The Hall–Kier alpha value is -2.58. The molecular weight excluding hydrogens is 306 g/mol. The number of anilines is 1. The Labute approximate surface area is 128 Å². The van der Waals surface area contributed by atoms with Gasteiger partial charge in [0.25, 0.3) is 5.91 Å². The van der Waals surface area contributed by atoms with E-state index in [9.17, 15) is 9.59 Å². The average molecular weight is 317 g/mol. The largest absolute Gasteiger partial charge is 0.422 e. The fraction of sp³-hybridized carbons (Fsp3) is 0.143. The van der Waals surface area contributed by atoms with Crippen LogP contribution in [-0.4, -0.2) is 23.2 Å². The van der Waals surface area contributed by atoms with E-state index in [1.54, 1.807) is 31.4 Å². The summed E-state index contributed by atoms with van der Waals surface area (Å²) in [6, 6.07) is 8.47. The Morgan fingerprint density at radius 3 is 3.00 bits per heavy atom. The molecule has 22 heavy (non-hydrogen) atoms. The summed E-state index contributed by atoms with van der Waals surface area (Å²) >= 11 is 1.18. The zero-order valence-electron chi connectivity index (χ0n) is 11.5. The first-order chi connectivity index (χ1) is 10.7. The summed E-state index contributed by atoms with van der Waals surface area (Å²) in [4.78, 5) is 24.1. The quantitative estimate of drug-likeness (QED) is 0.740. The molecule has 0 aliphatic heterocycles. The molecule has 8 heteroatoms. The molecule has 7 nitrogen and oxygen atoms in total. The lowest BCUT2D eigenvalue weighted by Gasteiger charge is -2.01. The van der Waals surface area contributed by atoms with Gasteiger partial charge in [0.15, 0.2) is 0 Å². The van der Waals surface area contributed by atoms with Crippen molar-refractivity contribution in [1.82, 2.24) is 10.2 Å². The third-order valence-corrected chi connectivity index (χ3v) is 3.65. The number of amides is 1. The van der Waals surface area contributed by atoms with Crippen molar-refractivity contribution in [2.24, 2.45) is 0 Å². The van der Waals surface area contributed by atoms with Gasteiger partial charge in [-0.3, -0.25) is 10.1 Å². The zero-order chi connectivity index (χ0) is 15.5. The van der Waals surface area contributed by atoms with Gasteiger partial charge in [-0.2, -0.15) is 0 Å². The lowest BCUT2D eigenvalue weighted by molar-refractivity contribution is 0.102. The number of hydrogen-bond donors (Lipinski definition) is 1. The predicted molar refractivity (Wildman–Crippen MR) is 81.1 cm³/mol. The minimum Gasteiger partial charge on any atom is -0.422 e. The maximum atomic E-state index is 12.2. The third kappa shape index (κ3) is 2.87. The molecule has 0 fully saturated rings. The lowest BCUT2D eigenvalue weighted by Crippen LogP contribution is -2.20. The Bertz CT molecular complexity index is 887. The van der Waals surface area contributed by atoms with E-state index in [0.717, 1.165) is 0 Å². The van der Waals surface area contributed by atoms with E-state index in [-0.39, 0.29) is 5.56 Å². The molecule has 2 aromatic heterocycles. The number of ether oxygens (including phenoxy) is 1. The molecule has 0 radical (unpaired) electrons. The molecule has 0 aliphatic carbocycles. The highest BCUT2D eigenvalue weighted by molar-refractivity contribution is 7.15. The highest BCUT2D eigenvalue weighted by Crippen LogP contribution is 2.17. The number of benzene rings is 1. The number of carbonyl (C=O) groups excluding carboxylic acids is 1. The van der Waals surface area contributed by atoms with Gasteiger partial charge in [0.1, 0.15) is 22.8 Å². The van der Waals surface area contributed by atoms with Crippen molar-refractivity contribution in [3.05, 3.63) is 51.3 Å². The number of hydrogen-bond acceptors (Lipinski definition) is 7. The number of fused-ring (bicyclic) bond motifs is 1. The molecule has 0 bridgehead atoms. The second-order valence-corrected chi connectivity index (χ2v) is 5.44. The average Bonchev–Trinajstić information content (AvgIpc) is 2.94. The lowest BCUT2D eigenvalue weighted by atomic mass is 10.2. The van der Waals surface area contributed by atoms with Crippen LogP contribution in [0.4, 0.5) is 5.13 Å². The second-order valence-electron chi connectivity index (χ2n) is 4.37. The standard InChI is InChI=1S/C14H11N3O4S/c1-20-7-11-16-17-14(22-11)15-12(18)9-6-8-4-2-3-5-10(8)21-13(9)19/h2-6H,7H2,1H3,(H,15,17,18). The second kappa shape index (κ2) is 6.04. The summed E-state index contributed by atoms with van der Waals surface area (Å²) in [5, 5.41) is 11.8. The van der Waals surface area contributed by atoms with Gasteiger partial charge >= 0.3 is 5.63 Å². The van der Waals surface area contributed by atoms with Crippen LogP contribution in [0.5, 0.6) is 0 Å². The van der Waals surface area contributed by atoms with E-state index < -0.39 is 11.5 Å². The topological polar surface area (TPSA) is 94.3 Å². The van der Waals surface area contributed by atoms with E-state index in [4.69, 9.17) is 9.15 Å². The predicted octanol–water partition coefficient (Wildman–Crippen LogP) is 2.04. The van der Waals surface area contributed by atoms with Crippen LogP contribution in [0.3, 0.4) is 0 Å². The summed E-state index contributed by atoms with van der Waals surface area (Å²) in [5.74, 6) is -0.584. The van der Waals surface area contributed by atoms with Crippen LogP contribution in [0.1, 0.15) is 15.4 Å². The zero-order valence-corrected chi connectivity index (χ0v) is 12.3. The molecule has 0 atom stereocenters. The van der Waals surface area contributed by atoms with Crippen LogP contribution in [-0.2, 0) is 11.3 Å². The van der Waals surface area contributed by atoms with Gasteiger partial charge in [0, 0.05) is 12.5 Å². The molecule has 0 saturated heterocycles. The first-order valence-electron chi connectivity index (χ1n) is 6.33. The number of methoxy groups -OCH3 is 1. The van der Waals surface area contributed by atoms with E-state index in [1.807, 2.05) is 0 Å². The minimum absolute atomic E-state index is 0.0813. The van der Waals surface area contributed by atoms with Crippen LogP contribution in [0, 0.1) is 0 Å². The summed E-state index contributed by atoms with van der Waals surface area (Å²) in [7, 11) is 1.54. The maximum Gasteiger partial charge on any atom is 0.349 e. The van der Waals surface area contributed by atoms with E-state index in [0.29, 0.717) is 27.7 Å². The smallest absolute Gasteiger partial charge is 0.349 e. The van der Waals surface area contributed by atoms with E-state index >= 15 is 0 Å². The molecule has 3 rings (SSSR count). The molecule has 112 valence electrons. The number of aromatic nitrogens is 2. The SMILES string of the molecule is COCc1nnc(NC(=O)c2cc3ccccc3oc2=O)s1. The van der Waals surface area contributed by atoms with Gasteiger partial charge in [0.05, 0.1) is 0 Å². The van der Waals surface area contributed by atoms with Crippen molar-refractivity contribution in [3.8, 4) is 0 Å². The molecule has 0 aliphatic rings. The maximum absolute atomic E-state index is 12.2. The van der Waals surface area contributed by atoms with Crippen LogP contribution in [0.15, 0.2) is 39.5 Å². The fourth-order valence-electron chi connectivity index (χ4n) is 1.87. The fourth-order valence-corrected chi connectivity index (χ4v) is 2.58. The van der Waals surface area contributed by atoms with Gasteiger partial charge in [-0.25, -0.2) is 4.79 Å². The first-order valence-corrected chi connectivity index (χ1v) is 7.14. The van der Waals surface area contributed by atoms with Crippen LogP contribution < -0.4 is 10.9 Å². The Kier molecular flexibility index (Phi) is 3.94. The monoisotopic (exact) mass is 317 g/mol. The van der Waals surface area contributed by atoms with Crippen molar-refractivity contribution >= 4 is 33.3 Å². The van der Waals surface area contributed by atoms with Crippen LogP contribution in [0.2, 0.25) is 0 Å². The number of para-hydroxylation sites is 1. The number of nitrogens with one attached hydrogen (secondary N) is 1. The molecule has 0 unspecified atom stereocenters. The van der Waals surface area contributed by atoms with Crippen molar-refractivity contribution in [2.75, 3.05) is 12.4 Å². The molecule has 1 aromatic carbocycles. The van der Waals surface area contributed by atoms with Crippen LogP contribution >= 0.6 is 11.3 Å². The molecule has 2 heterocycles. The van der Waals surface area contributed by atoms with Gasteiger partial charge in [-0.15, -0.1) is 10.2 Å². The van der Waals surface area contributed by atoms with Crippen molar-refractivity contribution in [3.63, 3.8) is 0 Å². The third-order valence-electron chi connectivity index (χ3n) is 2.84. The molecule has 3 aromatic rings. The van der Waals surface area contributed by atoms with Crippen LogP contribution in [0.25, 0.3) is 11.0 Å². The highest BCUT2D eigenvalue weighted by Gasteiger charge is 2.15. The first kappa shape index (κ1) is 14.4. The Balaban J connectivity index is 1.88.